The van der Waals surface area contributed by atoms with Gasteiger partial charge in [-0.15, -0.1) is 0 Å². The van der Waals surface area contributed by atoms with E-state index in [2.05, 4.69) is 0 Å². The molecule has 3 nitrogen and oxygen atoms in total. The molecule has 0 fully saturated rings. The standard InChI is InChI=1S/C12H15NO2/c1-9(13)6-11(14)7-10-4-3-5-12(8-10)15-2/h3-6,8H,7,13H2,1-2H3/b9-6-. The molecule has 15 heavy (non-hydrogen) atoms. The molecule has 0 spiro atoms. The second-order valence-corrected chi connectivity index (χ2v) is 3.38. The van der Waals surface area contributed by atoms with Crippen molar-refractivity contribution >= 4 is 5.78 Å². The highest BCUT2D eigenvalue weighted by Gasteiger charge is 2.01. The lowest BCUT2D eigenvalue weighted by Gasteiger charge is -2.02. The van der Waals surface area contributed by atoms with Crippen LogP contribution in [0.15, 0.2) is 36.0 Å². The first kappa shape index (κ1) is 11.3. The highest BCUT2D eigenvalue weighted by atomic mass is 16.5. The molecule has 0 bridgehead atoms. The van der Waals surface area contributed by atoms with Crippen LogP contribution in [0.1, 0.15) is 12.5 Å². The molecule has 3 heteroatoms. The minimum atomic E-state index is 0.00301. The summed E-state index contributed by atoms with van der Waals surface area (Å²) < 4.78 is 5.07. The van der Waals surface area contributed by atoms with Crippen LogP contribution in [0.2, 0.25) is 0 Å². The fraction of sp³-hybridized carbons (Fsp3) is 0.250. The molecule has 0 aliphatic rings. The number of ketones is 1. The van der Waals surface area contributed by atoms with Gasteiger partial charge >= 0.3 is 0 Å². The summed E-state index contributed by atoms with van der Waals surface area (Å²) in [5.41, 5.74) is 6.88. The molecule has 0 saturated carbocycles. The van der Waals surface area contributed by atoms with Crippen molar-refractivity contribution in [2.75, 3.05) is 7.11 Å². The van der Waals surface area contributed by atoms with Gasteiger partial charge in [0.15, 0.2) is 5.78 Å². The van der Waals surface area contributed by atoms with Crippen molar-refractivity contribution in [3.63, 3.8) is 0 Å². The van der Waals surface area contributed by atoms with E-state index < -0.39 is 0 Å². The predicted molar refractivity (Wildman–Crippen MR) is 59.6 cm³/mol. The van der Waals surface area contributed by atoms with Gasteiger partial charge in [0.1, 0.15) is 5.75 Å². The zero-order valence-corrected chi connectivity index (χ0v) is 8.99. The van der Waals surface area contributed by atoms with Crippen LogP contribution in [-0.4, -0.2) is 12.9 Å². The number of benzene rings is 1. The second-order valence-electron chi connectivity index (χ2n) is 3.38. The zero-order valence-electron chi connectivity index (χ0n) is 8.99. The molecule has 0 radical (unpaired) electrons. The van der Waals surface area contributed by atoms with E-state index in [1.807, 2.05) is 24.3 Å². The van der Waals surface area contributed by atoms with Crippen LogP contribution in [0.3, 0.4) is 0 Å². The Morgan fingerprint density at radius 2 is 2.27 bits per heavy atom. The normalized spacial score (nSPS) is 11.2. The SMILES string of the molecule is COc1cccc(CC(=O)/C=C(/C)N)c1. The van der Waals surface area contributed by atoms with Gasteiger partial charge in [0.05, 0.1) is 7.11 Å². The van der Waals surface area contributed by atoms with Crippen LogP contribution in [0.4, 0.5) is 0 Å². The molecule has 80 valence electrons. The van der Waals surface area contributed by atoms with Crippen molar-refractivity contribution in [3.8, 4) is 5.75 Å². The van der Waals surface area contributed by atoms with E-state index in [-0.39, 0.29) is 5.78 Å². The summed E-state index contributed by atoms with van der Waals surface area (Å²) in [6.07, 6.45) is 1.80. The average Bonchev–Trinajstić information content (AvgIpc) is 2.16. The van der Waals surface area contributed by atoms with Crippen LogP contribution < -0.4 is 10.5 Å². The molecule has 1 aromatic rings. The highest BCUT2D eigenvalue weighted by Crippen LogP contribution is 2.13. The fourth-order valence-corrected chi connectivity index (χ4v) is 1.29. The van der Waals surface area contributed by atoms with Gasteiger partial charge in [-0.05, 0) is 30.7 Å². The van der Waals surface area contributed by atoms with Crippen LogP contribution in [0, 0.1) is 0 Å². The number of nitrogens with two attached hydrogens (primary N) is 1. The van der Waals surface area contributed by atoms with Crippen molar-refractivity contribution in [3.05, 3.63) is 41.6 Å². The monoisotopic (exact) mass is 205 g/mol. The molecule has 0 saturated heterocycles. The third kappa shape index (κ3) is 3.85. The summed E-state index contributed by atoms with van der Waals surface area (Å²) in [5, 5.41) is 0. The molecule has 1 aromatic carbocycles. The highest BCUT2D eigenvalue weighted by molar-refractivity contribution is 5.91. The minimum Gasteiger partial charge on any atom is -0.497 e. The summed E-state index contributed by atoms with van der Waals surface area (Å²) in [7, 11) is 1.60. The Morgan fingerprint density at radius 1 is 1.53 bits per heavy atom. The average molecular weight is 205 g/mol. The second kappa shape index (κ2) is 5.20. The van der Waals surface area contributed by atoms with Gasteiger partial charge in [-0.3, -0.25) is 4.79 Å². The van der Waals surface area contributed by atoms with Gasteiger partial charge in [0.25, 0.3) is 0 Å². The number of hydrogen-bond donors (Lipinski definition) is 1. The van der Waals surface area contributed by atoms with Crippen LogP contribution in [0.5, 0.6) is 5.75 Å². The molecular formula is C12H15NO2. The molecule has 0 aliphatic carbocycles. The predicted octanol–water partition coefficient (Wildman–Crippen LogP) is 1.67. The largest absolute Gasteiger partial charge is 0.497 e. The summed E-state index contributed by atoms with van der Waals surface area (Å²) in [5.74, 6) is 0.761. The number of methoxy groups -OCH3 is 1. The van der Waals surface area contributed by atoms with E-state index in [0.717, 1.165) is 11.3 Å². The Balaban J connectivity index is 2.72. The minimum absolute atomic E-state index is 0.00301. The molecule has 0 unspecified atom stereocenters. The fourth-order valence-electron chi connectivity index (χ4n) is 1.29. The van der Waals surface area contributed by atoms with Gasteiger partial charge in [0, 0.05) is 12.1 Å². The smallest absolute Gasteiger partial charge is 0.161 e. The maximum Gasteiger partial charge on any atom is 0.161 e. The Bertz CT molecular complexity index is 379. The molecule has 1 rings (SSSR count). The zero-order chi connectivity index (χ0) is 11.3. The molecule has 2 N–H and O–H groups in total. The van der Waals surface area contributed by atoms with Gasteiger partial charge in [-0.1, -0.05) is 12.1 Å². The van der Waals surface area contributed by atoms with E-state index in [4.69, 9.17) is 10.5 Å². The van der Waals surface area contributed by atoms with Crippen LogP contribution in [-0.2, 0) is 11.2 Å². The summed E-state index contributed by atoms with van der Waals surface area (Å²) in [6, 6.07) is 7.44. The van der Waals surface area contributed by atoms with E-state index in [0.29, 0.717) is 12.1 Å². The number of allylic oxidation sites excluding steroid dienone is 2. The number of rotatable bonds is 4. The Kier molecular flexibility index (Phi) is 3.92. The van der Waals surface area contributed by atoms with Gasteiger partial charge in [-0.25, -0.2) is 0 Å². The molecule has 0 atom stereocenters. The topological polar surface area (TPSA) is 52.3 Å². The lowest BCUT2D eigenvalue weighted by molar-refractivity contribution is -0.114. The maximum absolute atomic E-state index is 11.4. The lowest BCUT2D eigenvalue weighted by atomic mass is 10.1. The molecule has 0 amide bonds. The Morgan fingerprint density at radius 3 is 2.87 bits per heavy atom. The quantitative estimate of drug-likeness (QED) is 0.761. The first-order valence-corrected chi connectivity index (χ1v) is 4.71. The summed E-state index contributed by atoms with van der Waals surface area (Å²) in [6.45, 7) is 1.70. The van der Waals surface area contributed by atoms with Crippen molar-refractivity contribution in [2.45, 2.75) is 13.3 Å². The van der Waals surface area contributed by atoms with Crippen molar-refractivity contribution in [2.24, 2.45) is 5.73 Å². The van der Waals surface area contributed by atoms with Crippen molar-refractivity contribution in [1.29, 1.82) is 0 Å². The third-order valence-electron chi connectivity index (χ3n) is 1.90. The van der Waals surface area contributed by atoms with E-state index >= 15 is 0 Å². The van der Waals surface area contributed by atoms with Crippen LogP contribution in [0.25, 0.3) is 0 Å². The Labute approximate surface area is 89.5 Å². The van der Waals surface area contributed by atoms with E-state index in [1.54, 1.807) is 14.0 Å². The Hall–Kier alpha value is -1.77. The van der Waals surface area contributed by atoms with E-state index in [9.17, 15) is 4.79 Å². The summed E-state index contributed by atoms with van der Waals surface area (Å²) >= 11 is 0. The number of carbonyl (C=O) groups excluding carboxylic acids is 1. The molecular weight excluding hydrogens is 190 g/mol. The first-order valence-electron chi connectivity index (χ1n) is 4.71. The molecule has 0 aromatic heterocycles. The van der Waals surface area contributed by atoms with Gasteiger partial charge in [-0.2, -0.15) is 0 Å². The van der Waals surface area contributed by atoms with Gasteiger partial charge < -0.3 is 10.5 Å². The van der Waals surface area contributed by atoms with Crippen LogP contribution >= 0.6 is 0 Å². The maximum atomic E-state index is 11.4. The lowest BCUT2D eigenvalue weighted by Crippen LogP contribution is -2.02. The molecule has 0 heterocycles. The number of hydrogen-bond acceptors (Lipinski definition) is 3. The first-order chi connectivity index (χ1) is 7.11. The van der Waals surface area contributed by atoms with E-state index in [1.165, 1.54) is 6.08 Å². The third-order valence-corrected chi connectivity index (χ3v) is 1.90. The number of carbonyl (C=O) groups is 1. The van der Waals surface area contributed by atoms with Gasteiger partial charge in [0.2, 0.25) is 0 Å². The molecule has 0 aliphatic heterocycles. The number of ether oxygens (including phenoxy) is 1. The summed E-state index contributed by atoms with van der Waals surface area (Å²) in [4.78, 5) is 11.4. The van der Waals surface area contributed by atoms with Crippen molar-refractivity contribution < 1.29 is 9.53 Å². The van der Waals surface area contributed by atoms with Crippen molar-refractivity contribution in [1.82, 2.24) is 0 Å².